The third kappa shape index (κ3) is 4.64. The Labute approximate surface area is 158 Å². The van der Waals surface area contributed by atoms with Crippen molar-refractivity contribution >= 4 is 32.5 Å². The van der Waals surface area contributed by atoms with Crippen LogP contribution in [-0.2, 0) is 24.4 Å². The quantitative estimate of drug-likeness (QED) is 0.758. The topological polar surface area (TPSA) is 113 Å². The molecule has 1 atom stereocenters. The van der Waals surface area contributed by atoms with Gasteiger partial charge in [-0.25, -0.2) is 9.30 Å². The summed E-state index contributed by atoms with van der Waals surface area (Å²) in [5.74, 6) is -3.47. The zero-order valence-electron chi connectivity index (χ0n) is 17.7. The number of sulfonamides is 1. The summed E-state index contributed by atoms with van der Waals surface area (Å²) in [5, 5.41) is 1.38. The lowest BCUT2D eigenvalue weighted by Crippen LogP contribution is -2.53. The van der Waals surface area contributed by atoms with Gasteiger partial charge in [-0.2, -0.15) is 8.42 Å². The van der Waals surface area contributed by atoms with E-state index in [-0.39, 0.29) is 36.0 Å². The Balaban J connectivity index is 2.62. The van der Waals surface area contributed by atoms with Crippen molar-refractivity contribution in [2.45, 2.75) is 45.5 Å². The molecule has 9 heteroatoms. The van der Waals surface area contributed by atoms with Gasteiger partial charge >= 0.3 is 0 Å². The fraction of sp³-hybridized carbons (Fsp3) is 0.588. The molecule has 0 aromatic rings. The van der Waals surface area contributed by atoms with Gasteiger partial charge in [0.15, 0.2) is 11.6 Å². The Morgan fingerprint density at radius 2 is 2.27 bits per heavy atom. The average Bonchev–Trinajstić information content (AvgIpc) is 2.72. The third-order valence-corrected chi connectivity index (χ3v) is 5.42. The van der Waals surface area contributed by atoms with Gasteiger partial charge < -0.3 is 5.32 Å². The van der Waals surface area contributed by atoms with Crippen molar-refractivity contribution in [1.82, 2.24) is 9.62 Å². The number of hydrogen-bond donors (Lipinski definition) is 1. The van der Waals surface area contributed by atoms with Gasteiger partial charge in [0.05, 0.1) is 17.0 Å². The molecule has 1 radical (unpaired) electrons. The summed E-state index contributed by atoms with van der Waals surface area (Å²) in [6.45, 7) is 0.873. The maximum atomic E-state index is 13.2. The summed E-state index contributed by atoms with van der Waals surface area (Å²) in [7, 11) is -4.98. The molecule has 1 N–H and O–H groups in total. The minimum absolute atomic E-state index is 0.0137. The summed E-state index contributed by atoms with van der Waals surface area (Å²) in [4.78, 5) is 41.5. The van der Waals surface area contributed by atoms with E-state index in [4.69, 9.17) is 4.11 Å². The molecule has 1 fully saturated rings. The largest absolute Gasteiger partial charge is 0.310 e. The van der Waals surface area contributed by atoms with Gasteiger partial charge in [0.1, 0.15) is 6.02 Å². The van der Waals surface area contributed by atoms with E-state index >= 15 is 0 Å². The molecule has 2 rings (SSSR count). The van der Waals surface area contributed by atoms with Crippen LogP contribution in [0.1, 0.15) is 43.6 Å². The second-order valence-corrected chi connectivity index (χ2v) is 8.02. The number of carbonyl (C=O) groups is 3. The van der Waals surface area contributed by atoms with Crippen LogP contribution in [-0.4, -0.2) is 54.3 Å². The molecule has 0 aromatic heterocycles. The first-order valence-corrected chi connectivity index (χ1v) is 9.76. The first-order chi connectivity index (χ1) is 13.3. The SMILES string of the molecule is [2H]C1([2H])NCCC[C@]([2H])(N(C(=O)[CH]CC(C)C)S(=O)(=O)C2=NC=CCC2=O)C1=O. The molecular formula is C17H24N3O5S. The Morgan fingerprint density at radius 3 is 2.92 bits per heavy atom. The van der Waals surface area contributed by atoms with Crippen molar-refractivity contribution in [2.24, 2.45) is 10.9 Å². The van der Waals surface area contributed by atoms with Gasteiger partial charge in [-0.15, -0.1) is 0 Å². The van der Waals surface area contributed by atoms with Crippen molar-refractivity contribution in [3.05, 3.63) is 18.7 Å². The van der Waals surface area contributed by atoms with Gasteiger partial charge in [-0.1, -0.05) is 19.9 Å². The van der Waals surface area contributed by atoms with Gasteiger partial charge in [-0.3, -0.25) is 14.4 Å². The minimum Gasteiger partial charge on any atom is -0.310 e. The van der Waals surface area contributed by atoms with Crippen LogP contribution in [0.5, 0.6) is 0 Å². The smallest absolute Gasteiger partial charge is 0.288 e. The van der Waals surface area contributed by atoms with Crippen molar-refractivity contribution in [3.63, 3.8) is 0 Å². The van der Waals surface area contributed by atoms with Gasteiger partial charge in [-0.05, 0) is 31.7 Å². The van der Waals surface area contributed by atoms with Crippen molar-refractivity contribution in [1.29, 1.82) is 0 Å². The molecule has 2 aliphatic heterocycles. The fourth-order valence-corrected chi connectivity index (χ4v) is 3.93. The van der Waals surface area contributed by atoms with E-state index in [2.05, 4.69) is 10.3 Å². The lowest BCUT2D eigenvalue weighted by atomic mass is 10.1. The number of rotatable bonds is 4. The molecule has 1 amide bonds. The summed E-state index contributed by atoms with van der Waals surface area (Å²) < 4.78 is 50.9. The molecule has 1 saturated heterocycles. The number of Topliss-reactive ketones (excluding diaryl/α,β-unsaturated/α-hetero) is 2. The minimum atomic E-state index is -4.98. The van der Waals surface area contributed by atoms with Gasteiger partial charge in [0.2, 0.25) is 11.0 Å². The number of carbonyl (C=O) groups excluding carboxylic acids is 3. The summed E-state index contributed by atoms with van der Waals surface area (Å²) in [6.07, 6.45) is 3.03. The number of allylic oxidation sites excluding steroid dienone is 1. The molecule has 8 nitrogen and oxygen atoms in total. The van der Waals surface area contributed by atoms with Gasteiger partial charge in [0, 0.05) is 12.6 Å². The Bertz CT molecular complexity index is 870. The van der Waals surface area contributed by atoms with E-state index in [1.54, 1.807) is 13.8 Å². The zero-order chi connectivity index (χ0) is 22.0. The van der Waals surface area contributed by atoms with Crippen molar-refractivity contribution in [3.8, 4) is 0 Å². The van der Waals surface area contributed by atoms with Crippen LogP contribution in [0, 0.1) is 12.3 Å². The molecule has 0 saturated carbocycles. The number of ketones is 2. The maximum absolute atomic E-state index is 13.2. The molecule has 2 heterocycles. The Morgan fingerprint density at radius 1 is 1.54 bits per heavy atom. The highest BCUT2D eigenvalue weighted by Gasteiger charge is 2.43. The lowest BCUT2D eigenvalue weighted by molar-refractivity contribution is -0.131. The molecule has 0 spiro atoms. The van der Waals surface area contributed by atoms with Crippen LogP contribution >= 0.6 is 0 Å². The highest BCUT2D eigenvalue weighted by Crippen LogP contribution is 2.21. The summed E-state index contributed by atoms with van der Waals surface area (Å²) in [6, 6.07) is -2.76. The molecule has 0 aromatic carbocycles. The average molecular weight is 385 g/mol. The van der Waals surface area contributed by atoms with E-state index in [0.717, 1.165) is 12.6 Å². The first kappa shape index (κ1) is 16.3. The zero-order valence-corrected chi connectivity index (χ0v) is 15.5. The van der Waals surface area contributed by atoms with E-state index in [1.165, 1.54) is 6.08 Å². The molecule has 143 valence electrons. The lowest BCUT2D eigenvalue weighted by Gasteiger charge is -2.29. The highest BCUT2D eigenvalue weighted by molar-refractivity contribution is 8.06. The number of aliphatic imine (C=N–C) groups is 1. The first-order valence-electron chi connectivity index (χ1n) is 9.82. The standard InChI is InChI=1S/C17H24N3O5S/c1-12(2)7-8-16(23)20(13-5-3-9-18-11-15(13)22)26(24,25)17-14(21)6-4-10-19-17/h4,8,10,12-13,18H,3,5-7,9,11H2,1-2H3/t13-/m0/s1/i11D2,13D. The molecule has 0 bridgehead atoms. The maximum Gasteiger partial charge on any atom is 0.288 e. The summed E-state index contributed by atoms with van der Waals surface area (Å²) >= 11 is 0. The predicted molar refractivity (Wildman–Crippen MR) is 96.6 cm³/mol. The normalized spacial score (nSPS) is 28.0. The van der Waals surface area contributed by atoms with E-state index in [0.29, 0.717) is 0 Å². The second kappa shape index (κ2) is 8.68. The van der Waals surface area contributed by atoms with Crippen LogP contribution in [0.25, 0.3) is 0 Å². The van der Waals surface area contributed by atoms with E-state index < -0.39 is 51.5 Å². The number of nitrogens with zero attached hydrogens (tertiary/aromatic N) is 2. The second-order valence-electron chi connectivity index (χ2n) is 6.32. The van der Waals surface area contributed by atoms with E-state index in [1.807, 2.05) is 0 Å². The molecule has 0 aliphatic carbocycles. The van der Waals surface area contributed by atoms with Crippen molar-refractivity contribution < 1.29 is 26.9 Å². The monoisotopic (exact) mass is 385 g/mol. The number of hydrogen-bond acceptors (Lipinski definition) is 7. The van der Waals surface area contributed by atoms with E-state index in [9.17, 15) is 22.8 Å². The molecular weight excluding hydrogens is 358 g/mol. The van der Waals surface area contributed by atoms with Crippen LogP contribution in [0.2, 0.25) is 0 Å². The number of amides is 1. The molecule has 26 heavy (non-hydrogen) atoms. The fourth-order valence-electron chi connectivity index (χ4n) is 2.42. The third-order valence-electron chi connectivity index (χ3n) is 3.71. The Hall–Kier alpha value is -1.87. The summed E-state index contributed by atoms with van der Waals surface area (Å²) in [5.41, 5.74) is 0. The van der Waals surface area contributed by atoms with Crippen LogP contribution in [0.4, 0.5) is 0 Å². The van der Waals surface area contributed by atoms with Crippen molar-refractivity contribution in [2.75, 3.05) is 13.0 Å². The predicted octanol–water partition coefficient (Wildman–Crippen LogP) is 0.601. The van der Waals surface area contributed by atoms with Crippen LogP contribution in [0.15, 0.2) is 17.3 Å². The molecule has 0 unspecified atom stereocenters. The Kier molecular flexibility index (Phi) is 5.45. The van der Waals surface area contributed by atoms with Crippen LogP contribution < -0.4 is 5.32 Å². The van der Waals surface area contributed by atoms with Gasteiger partial charge in [0.25, 0.3) is 10.0 Å². The van der Waals surface area contributed by atoms with Crippen LogP contribution in [0.3, 0.4) is 0 Å². The highest BCUT2D eigenvalue weighted by atomic mass is 32.2. The number of nitrogens with one attached hydrogen (secondary N) is 1. The molecule has 2 aliphatic rings.